The van der Waals surface area contributed by atoms with Crippen LogP contribution in [0.25, 0.3) is 0 Å². The highest BCUT2D eigenvalue weighted by molar-refractivity contribution is 5.77. The van der Waals surface area contributed by atoms with Gasteiger partial charge in [-0.15, -0.1) is 0 Å². The van der Waals surface area contributed by atoms with Gasteiger partial charge in [0, 0.05) is 25.4 Å². The first-order valence-electron chi connectivity index (χ1n) is 5.28. The maximum Gasteiger partial charge on any atom is 0.218 e. The van der Waals surface area contributed by atoms with Crippen molar-refractivity contribution in [3.8, 4) is 5.88 Å². The van der Waals surface area contributed by atoms with Gasteiger partial charge in [-0.2, -0.15) is 0 Å². The van der Waals surface area contributed by atoms with Gasteiger partial charge in [0.1, 0.15) is 0 Å². The summed E-state index contributed by atoms with van der Waals surface area (Å²) >= 11 is 0. The fourth-order valence-electron chi connectivity index (χ4n) is 1.24. The molecule has 0 radical (unpaired) electrons. The molecule has 0 aliphatic heterocycles. The van der Waals surface area contributed by atoms with Crippen LogP contribution in [-0.2, 0) is 11.3 Å². The van der Waals surface area contributed by atoms with E-state index < -0.39 is 0 Å². The number of rotatable bonds is 6. The van der Waals surface area contributed by atoms with Crippen molar-refractivity contribution in [2.45, 2.75) is 6.54 Å². The van der Waals surface area contributed by atoms with Crippen molar-refractivity contribution in [3.63, 3.8) is 0 Å². The van der Waals surface area contributed by atoms with Crippen molar-refractivity contribution >= 4 is 5.96 Å². The second kappa shape index (κ2) is 7.45. The zero-order valence-corrected chi connectivity index (χ0v) is 10.1. The number of guanidine groups is 1. The maximum atomic E-state index is 5.68. The first kappa shape index (κ1) is 13.2. The van der Waals surface area contributed by atoms with Gasteiger partial charge in [0.05, 0.1) is 20.3 Å². The lowest BCUT2D eigenvalue weighted by atomic mass is 10.3. The zero-order chi connectivity index (χ0) is 12.5. The van der Waals surface area contributed by atoms with Crippen molar-refractivity contribution < 1.29 is 9.47 Å². The molecule has 0 spiro atoms. The number of nitrogens with zero attached hydrogens (tertiary/aromatic N) is 2. The quantitative estimate of drug-likeness (QED) is 0.418. The molecule has 0 aliphatic rings. The van der Waals surface area contributed by atoms with Gasteiger partial charge in [-0.1, -0.05) is 6.07 Å². The third-order valence-electron chi connectivity index (χ3n) is 2.08. The van der Waals surface area contributed by atoms with E-state index >= 15 is 0 Å². The van der Waals surface area contributed by atoms with Crippen molar-refractivity contribution in [1.82, 2.24) is 10.3 Å². The van der Waals surface area contributed by atoms with E-state index in [0.717, 1.165) is 5.56 Å². The topological polar surface area (TPSA) is 81.8 Å². The molecule has 0 unspecified atom stereocenters. The fourth-order valence-corrected chi connectivity index (χ4v) is 1.24. The molecule has 3 N–H and O–H groups in total. The van der Waals surface area contributed by atoms with Gasteiger partial charge in [-0.25, -0.2) is 9.98 Å². The average molecular weight is 238 g/mol. The van der Waals surface area contributed by atoms with Crippen molar-refractivity contribution in [2.75, 3.05) is 27.4 Å². The van der Waals surface area contributed by atoms with Gasteiger partial charge >= 0.3 is 0 Å². The third kappa shape index (κ3) is 4.69. The molecule has 0 aromatic carbocycles. The molecule has 0 atom stereocenters. The van der Waals surface area contributed by atoms with Crippen molar-refractivity contribution in [1.29, 1.82) is 0 Å². The van der Waals surface area contributed by atoms with Crippen LogP contribution in [0.15, 0.2) is 23.3 Å². The average Bonchev–Trinajstić information content (AvgIpc) is 2.37. The fraction of sp³-hybridized carbons (Fsp3) is 0.455. The summed E-state index contributed by atoms with van der Waals surface area (Å²) in [7, 11) is 3.21. The predicted octanol–water partition coefficient (Wildman–Crippen LogP) is 0.141. The first-order valence-corrected chi connectivity index (χ1v) is 5.28. The molecular weight excluding hydrogens is 220 g/mol. The van der Waals surface area contributed by atoms with E-state index in [9.17, 15) is 0 Å². The summed E-state index contributed by atoms with van der Waals surface area (Å²) in [6, 6.07) is 3.74. The molecule has 17 heavy (non-hydrogen) atoms. The highest BCUT2D eigenvalue weighted by Crippen LogP contribution is 2.13. The molecule has 6 heteroatoms. The largest absolute Gasteiger partial charge is 0.481 e. The van der Waals surface area contributed by atoms with Crippen LogP contribution in [-0.4, -0.2) is 38.3 Å². The summed E-state index contributed by atoms with van der Waals surface area (Å²) in [5.74, 6) is 0.953. The lowest BCUT2D eigenvalue weighted by molar-refractivity contribution is 0.204. The van der Waals surface area contributed by atoms with E-state index in [1.807, 2.05) is 12.1 Å². The minimum absolute atomic E-state index is 0.382. The van der Waals surface area contributed by atoms with Crippen LogP contribution in [0.1, 0.15) is 5.56 Å². The van der Waals surface area contributed by atoms with Crippen LogP contribution in [0.3, 0.4) is 0 Å². The Morgan fingerprint density at radius 3 is 3.06 bits per heavy atom. The summed E-state index contributed by atoms with van der Waals surface area (Å²) in [6.45, 7) is 1.66. The maximum absolute atomic E-state index is 5.68. The Hall–Kier alpha value is -1.82. The van der Waals surface area contributed by atoms with Crippen molar-refractivity contribution in [3.05, 3.63) is 23.9 Å². The van der Waals surface area contributed by atoms with E-state index in [1.165, 1.54) is 0 Å². The van der Waals surface area contributed by atoms with E-state index in [2.05, 4.69) is 15.3 Å². The molecule has 1 aromatic rings. The zero-order valence-electron chi connectivity index (χ0n) is 10.1. The molecule has 1 aromatic heterocycles. The first-order chi connectivity index (χ1) is 8.27. The minimum atomic E-state index is 0.382. The number of ether oxygens (including phenoxy) is 2. The Labute approximate surface area is 101 Å². The normalized spacial score (nSPS) is 11.3. The van der Waals surface area contributed by atoms with Gasteiger partial charge in [-0.05, 0) is 6.07 Å². The van der Waals surface area contributed by atoms with E-state index in [1.54, 1.807) is 20.4 Å². The summed E-state index contributed by atoms with van der Waals surface area (Å²) in [5, 5.41) is 2.93. The van der Waals surface area contributed by atoms with Crippen LogP contribution >= 0.6 is 0 Å². The van der Waals surface area contributed by atoms with Gasteiger partial charge in [0.25, 0.3) is 0 Å². The Morgan fingerprint density at radius 2 is 2.35 bits per heavy atom. The number of methoxy groups -OCH3 is 2. The predicted molar refractivity (Wildman–Crippen MR) is 66.0 cm³/mol. The Bertz CT molecular complexity index is 368. The number of nitrogens with two attached hydrogens (primary N) is 1. The molecule has 1 heterocycles. The molecule has 0 amide bonds. The van der Waals surface area contributed by atoms with E-state index in [-0.39, 0.29) is 0 Å². The highest BCUT2D eigenvalue weighted by Gasteiger charge is 2.01. The number of pyridine rings is 1. The summed E-state index contributed by atoms with van der Waals surface area (Å²) in [4.78, 5) is 8.26. The SMILES string of the molecule is COCCNC(N)=NCc1cccnc1OC. The van der Waals surface area contributed by atoms with Crippen LogP contribution in [0.5, 0.6) is 5.88 Å². The Morgan fingerprint density at radius 1 is 1.53 bits per heavy atom. The number of hydrogen-bond donors (Lipinski definition) is 2. The second-order valence-corrected chi connectivity index (χ2v) is 3.29. The third-order valence-corrected chi connectivity index (χ3v) is 2.08. The van der Waals surface area contributed by atoms with Crippen LogP contribution in [0.4, 0.5) is 0 Å². The number of hydrogen-bond acceptors (Lipinski definition) is 4. The molecule has 0 saturated carbocycles. The molecular formula is C11H18N4O2. The molecule has 1 rings (SSSR count). The summed E-state index contributed by atoms with van der Waals surface area (Å²) in [5.41, 5.74) is 6.57. The summed E-state index contributed by atoms with van der Waals surface area (Å²) < 4.78 is 10.0. The monoisotopic (exact) mass is 238 g/mol. The molecule has 0 saturated heterocycles. The lowest BCUT2D eigenvalue weighted by Crippen LogP contribution is -2.34. The van der Waals surface area contributed by atoms with Crippen LogP contribution in [0.2, 0.25) is 0 Å². The number of nitrogens with one attached hydrogen (secondary N) is 1. The van der Waals surface area contributed by atoms with E-state index in [4.69, 9.17) is 15.2 Å². The summed E-state index contributed by atoms with van der Waals surface area (Å²) in [6.07, 6.45) is 1.67. The lowest BCUT2D eigenvalue weighted by Gasteiger charge is -2.06. The smallest absolute Gasteiger partial charge is 0.218 e. The van der Waals surface area contributed by atoms with Gasteiger partial charge in [-0.3, -0.25) is 0 Å². The molecule has 6 nitrogen and oxygen atoms in total. The van der Waals surface area contributed by atoms with Crippen molar-refractivity contribution in [2.24, 2.45) is 10.7 Å². The van der Waals surface area contributed by atoms with Gasteiger partial charge in [0.15, 0.2) is 5.96 Å². The van der Waals surface area contributed by atoms with Crippen LogP contribution < -0.4 is 15.8 Å². The molecule has 0 bridgehead atoms. The highest BCUT2D eigenvalue weighted by atomic mass is 16.5. The molecule has 0 fully saturated rings. The van der Waals surface area contributed by atoms with Gasteiger partial charge < -0.3 is 20.5 Å². The molecule has 94 valence electrons. The van der Waals surface area contributed by atoms with Crippen LogP contribution in [0, 0.1) is 0 Å². The van der Waals surface area contributed by atoms with E-state index in [0.29, 0.717) is 31.5 Å². The standard InChI is InChI=1S/C11H18N4O2/c1-16-7-6-14-11(12)15-8-9-4-3-5-13-10(9)17-2/h3-5H,6-8H2,1-2H3,(H3,12,14,15). The minimum Gasteiger partial charge on any atom is -0.481 e. The molecule has 0 aliphatic carbocycles. The number of aliphatic imine (C=N–C) groups is 1. The Balaban J connectivity index is 2.50. The van der Waals surface area contributed by atoms with Gasteiger partial charge in [0.2, 0.25) is 5.88 Å². The Kier molecular flexibility index (Phi) is 5.81. The second-order valence-electron chi connectivity index (χ2n) is 3.29. The number of aromatic nitrogens is 1.